The molecule has 0 bridgehead atoms. The van der Waals surface area contributed by atoms with Crippen molar-refractivity contribution in [3.63, 3.8) is 0 Å². The Morgan fingerprint density at radius 2 is 1.78 bits per heavy atom. The number of aryl methyl sites for hydroxylation is 1. The largest absolute Gasteiger partial charge is 0.368 e. The highest BCUT2D eigenvalue weighted by Crippen LogP contribution is 2.42. The van der Waals surface area contributed by atoms with Crippen molar-refractivity contribution in [1.29, 1.82) is 0 Å². The van der Waals surface area contributed by atoms with E-state index in [1.54, 1.807) is 19.1 Å². The predicted octanol–water partition coefficient (Wildman–Crippen LogP) is 1.60. The van der Waals surface area contributed by atoms with E-state index in [9.17, 15) is 21.9 Å². The Kier molecular flexibility index (Phi) is 3.51. The summed E-state index contributed by atoms with van der Waals surface area (Å²) in [5.41, 5.74) is 0.973. The van der Waals surface area contributed by atoms with Crippen LogP contribution in [-0.4, -0.2) is 28.2 Å². The molecule has 1 aliphatic rings. The Bertz CT molecular complexity index is 996. The summed E-state index contributed by atoms with van der Waals surface area (Å²) in [4.78, 5) is 0.0214. The van der Waals surface area contributed by atoms with Gasteiger partial charge in [-0.1, -0.05) is 24.3 Å². The highest BCUT2D eigenvalue weighted by Gasteiger charge is 2.42. The summed E-state index contributed by atoms with van der Waals surface area (Å²) in [6.07, 6.45) is -0.338. The fraction of sp³-hybridized carbons (Fsp3) is 0.200. The van der Waals surface area contributed by atoms with E-state index >= 15 is 0 Å². The second-order valence-electron chi connectivity index (χ2n) is 5.43. The lowest BCUT2D eigenvalue weighted by Gasteiger charge is -2.23. The maximum absolute atomic E-state index is 12.7. The van der Waals surface area contributed by atoms with Gasteiger partial charge in [0, 0.05) is 11.8 Å². The van der Waals surface area contributed by atoms with Crippen molar-refractivity contribution in [3.8, 4) is 0 Å². The average Bonchev–Trinajstić information content (AvgIpc) is 2.67. The lowest BCUT2D eigenvalue weighted by molar-refractivity contribution is 0.193. The van der Waals surface area contributed by atoms with E-state index in [0.29, 0.717) is 5.56 Å². The van der Waals surface area contributed by atoms with Crippen molar-refractivity contribution in [3.05, 3.63) is 53.6 Å². The average molecular weight is 353 g/mol. The first-order valence-electron chi connectivity index (χ1n) is 6.76. The first-order valence-corrected chi connectivity index (χ1v) is 10.1. The van der Waals surface area contributed by atoms with Gasteiger partial charge in [0.1, 0.15) is 0 Å². The molecule has 2 aromatic carbocycles. The number of rotatable bonds is 2. The van der Waals surface area contributed by atoms with Gasteiger partial charge < -0.3 is 5.11 Å². The maximum Gasteiger partial charge on any atom is 0.267 e. The fourth-order valence-corrected chi connectivity index (χ4v) is 5.02. The van der Waals surface area contributed by atoms with Crippen LogP contribution >= 0.6 is 0 Å². The summed E-state index contributed by atoms with van der Waals surface area (Å²) in [5, 5.41) is 10.4. The number of aliphatic hydroxyl groups excluding tert-OH is 1. The number of hydrogen-bond donors (Lipinski definition) is 1. The fourth-order valence-electron chi connectivity index (χ4n) is 2.61. The number of sulfone groups is 1. The smallest absolute Gasteiger partial charge is 0.267 e. The third kappa shape index (κ3) is 2.43. The number of sulfonamides is 1. The molecule has 0 fully saturated rings. The van der Waals surface area contributed by atoms with Gasteiger partial charge in [0.05, 0.1) is 15.5 Å². The molecule has 0 saturated heterocycles. The van der Waals surface area contributed by atoms with Gasteiger partial charge in [-0.3, -0.25) is 0 Å². The molecule has 6 nitrogen and oxygen atoms in total. The maximum atomic E-state index is 12.7. The Balaban J connectivity index is 2.25. The molecule has 23 heavy (non-hydrogen) atoms. The van der Waals surface area contributed by atoms with Crippen LogP contribution in [0.5, 0.6) is 0 Å². The molecule has 1 atom stereocenters. The quantitative estimate of drug-likeness (QED) is 0.885. The summed E-state index contributed by atoms with van der Waals surface area (Å²) < 4.78 is 49.8. The van der Waals surface area contributed by atoms with E-state index in [-0.39, 0.29) is 21.0 Å². The molecule has 122 valence electrons. The van der Waals surface area contributed by atoms with Crippen LogP contribution in [0.1, 0.15) is 17.4 Å². The van der Waals surface area contributed by atoms with Crippen LogP contribution in [0.25, 0.3) is 0 Å². The van der Waals surface area contributed by atoms with Gasteiger partial charge in [-0.25, -0.2) is 21.1 Å². The zero-order valence-electron chi connectivity index (χ0n) is 12.5. The molecule has 0 amide bonds. The van der Waals surface area contributed by atoms with Gasteiger partial charge in [0.2, 0.25) is 0 Å². The van der Waals surface area contributed by atoms with Crippen LogP contribution in [0, 0.1) is 6.92 Å². The van der Waals surface area contributed by atoms with Crippen molar-refractivity contribution in [1.82, 2.24) is 0 Å². The summed E-state index contributed by atoms with van der Waals surface area (Å²) >= 11 is 0. The Labute approximate surface area is 135 Å². The van der Waals surface area contributed by atoms with Crippen LogP contribution in [0.2, 0.25) is 0 Å². The highest BCUT2D eigenvalue weighted by molar-refractivity contribution is 7.93. The van der Waals surface area contributed by atoms with Crippen molar-refractivity contribution in [2.45, 2.75) is 22.9 Å². The summed E-state index contributed by atoms with van der Waals surface area (Å²) in [6.45, 7) is 1.66. The molecule has 1 N–H and O–H groups in total. The predicted molar refractivity (Wildman–Crippen MR) is 85.4 cm³/mol. The molecular weight excluding hydrogens is 338 g/mol. The topological polar surface area (TPSA) is 91.8 Å². The van der Waals surface area contributed by atoms with Gasteiger partial charge in [-0.05, 0) is 30.7 Å². The Morgan fingerprint density at radius 1 is 1.13 bits per heavy atom. The van der Waals surface area contributed by atoms with E-state index in [0.717, 1.165) is 10.6 Å². The van der Waals surface area contributed by atoms with E-state index in [4.69, 9.17) is 0 Å². The lowest BCUT2D eigenvalue weighted by Crippen LogP contribution is -2.28. The van der Waals surface area contributed by atoms with Gasteiger partial charge in [-0.2, -0.15) is 0 Å². The highest BCUT2D eigenvalue weighted by atomic mass is 32.2. The molecule has 1 aliphatic heterocycles. The molecule has 1 heterocycles. The molecule has 8 heteroatoms. The number of nitrogens with zero attached hydrogens (tertiary/aromatic N) is 1. The second kappa shape index (κ2) is 5.05. The van der Waals surface area contributed by atoms with Gasteiger partial charge in [-0.15, -0.1) is 0 Å². The zero-order chi connectivity index (χ0) is 17.0. The number of aliphatic hydroxyl groups is 1. The van der Waals surface area contributed by atoms with E-state index < -0.39 is 26.1 Å². The van der Waals surface area contributed by atoms with Crippen molar-refractivity contribution in [2.24, 2.45) is 0 Å². The zero-order valence-corrected chi connectivity index (χ0v) is 14.1. The third-order valence-electron chi connectivity index (χ3n) is 3.80. The van der Waals surface area contributed by atoms with Gasteiger partial charge in [0.25, 0.3) is 10.0 Å². The minimum absolute atomic E-state index is 0.00328. The normalized spacial score (nSPS) is 19.6. The number of fused-ring (bicyclic) bond motifs is 1. The first kappa shape index (κ1) is 16.0. The molecule has 0 spiro atoms. The molecule has 0 aromatic heterocycles. The second-order valence-corrected chi connectivity index (χ2v) is 9.23. The minimum atomic E-state index is -3.94. The van der Waals surface area contributed by atoms with Crippen LogP contribution in [0.4, 0.5) is 5.69 Å². The van der Waals surface area contributed by atoms with E-state index in [1.165, 1.54) is 30.3 Å². The van der Waals surface area contributed by atoms with Crippen LogP contribution < -0.4 is 4.31 Å². The van der Waals surface area contributed by atoms with Crippen molar-refractivity contribution in [2.75, 3.05) is 10.6 Å². The van der Waals surface area contributed by atoms with Crippen LogP contribution in [-0.2, 0) is 19.9 Å². The molecule has 3 rings (SSSR count). The minimum Gasteiger partial charge on any atom is -0.368 e. The first-order chi connectivity index (χ1) is 10.6. The van der Waals surface area contributed by atoms with E-state index in [2.05, 4.69) is 0 Å². The number of anilines is 1. The molecule has 0 unspecified atom stereocenters. The van der Waals surface area contributed by atoms with Crippen LogP contribution in [0.15, 0.2) is 52.3 Å². The molecule has 2 aromatic rings. The van der Waals surface area contributed by atoms with E-state index in [1.807, 2.05) is 0 Å². The molecular formula is C15H15NO5S2. The number of benzene rings is 2. The lowest BCUT2D eigenvalue weighted by atomic mass is 10.1. The summed E-state index contributed by atoms with van der Waals surface area (Å²) in [7, 11) is -7.44. The molecule has 0 saturated carbocycles. The monoisotopic (exact) mass is 353 g/mol. The third-order valence-corrected chi connectivity index (χ3v) is 6.75. The van der Waals surface area contributed by atoms with Crippen molar-refractivity contribution >= 4 is 25.5 Å². The number of hydrogen-bond acceptors (Lipinski definition) is 5. The molecule has 0 radical (unpaired) electrons. The summed E-state index contributed by atoms with van der Waals surface area (Å²) in [5.74, 6) is 0. The van der Waals surface area contributed by atoms with Crippen molar-refractivity contribution < 1.29 is 21.9 Å². The Morgan fingerprint density at radius 3 is 2.39 bits per heavy atom. The van der Waals surface area contributed by atoms with Gasteiger partial charge >= 0.3 is 0 Å². The van der Waals surface area contributed by atoms with Gasteiger partial charge in [0.15, 0.2) is 16.1 Å². The SMILES string of the molecule is Cc1ccc(S(C)(=O)=O)cc1N1[C@@H](O)c2ccccc2S1(=O)=O. The van der Waals surface area contributed by atoms with Crippen LogP contribution in [0.3, 0.4) is 0 Å². The summed E-state index contributed by atoms with van der Waals surface area (Å²) in [6, 6.07) is 10.4. The molecule has 0 aliphatic carbocycles. The Hall–Kier alpha value is -1.90. The standard InChI is InChI=1S/C15H15NO5S2/c1-10-7-8-11(22(2,18)19)9-13(10)16-15(17)12-5-3-4-6-14(12)23(16,20)21/h3-9,15,17H,1-2H3/t15-/m0/s1.